The molecule has 2 aliphatic rings. The number of fused-ring (bicyclic) bond motifs is 1. The first-order valence-corrected chi connectivity index (χ1v) is 12.5. The average molecular weight is 459 g/mol. The summed E-state index contributed by atoms with van der Waals surface area (Å²) < 4.78 is 30.7. The number of nitrogens with zero attached hydrogens (tertiary/aromatic N) is 1. The van der Waals surface area contributed by atoms with Crippen molar-refractivity contribution >= 4 is 27.3 Å². The molecule has 170 valence electrons. The summed E-state index contributed by atoms with van der Waals surface area (Å²) in [6.07, 6.45) is 2.83. The second-order valence-electron chi connectivity index (χ2n) is 8.27. The number of hydrogen-bond acceptors (Lipinski definition) is 6. The van der Waals surface area contributed by atoms with Crippen LogP contribution in [0.4, 0.5) is 5.69 Å². The normalized spacial score (nSPS) is 16.6. The molecule has 2 aromatic carbocycles. The highest BCUT2D eigenvalue weighted by Crippen LogP contribution is 2.36. The minimum absolute atomic E-state index is 0.00195. The largest absolute Gasteiger partial charge is 0.504 e. The van der Waals surface area contributed by atoms with Gasteiger partial charge in [-0.3, -0.25) is 9.59 Å². The van der Waals surface area contributed by atoms with Crippen LogP contribution in [-0.2, 0) is 21.2 Å². The Labute approximate surface area is 187 Å². The van der Waals surface area contributed by atoms with Gasteiger partial charge in [-0.25, -0.2) is 8.42 Å². The van der Waals surface area contributed by atoms with Gasteiger partial charge in [0.05, 0.1) is 17.9 Å². The lowest BCUT2D eigenvalue weighted by Gasteiger charge is -2.23. The third-order valence-electron chi connectivity index (χ3n) is 5.78. The zero-order chi connectivity index (χ0) is 23.0. The topological polar surface area (TPSA) is 113 Å². The lowest BCUT2D eigenvalue weighted by molar-refractivity contribution is -0.117. The van der Waals surface area contributed by atoms with Crippen LogP contribution >= 0.6 is 0 Å². The Hall–Kier alpha value is -3.07. The number of ether oxygens (including phenoxy) is 1. The highest BCUT2D eigenvalue weighted by atomic mass is 32.2. The van der Waals surface area contributed by atoms with Gasteiger partial charge in [-0.05, 0) is 49.1 Å². The van der Waals surface area contributed by atoms with Crippen LogP contribution < -0.4 is 10.1 Å². The molecule has 1 saturated carbocycles. The van der Waals surface area contributed by atoms with Gasteiger partial charge in [0.2, 0.25) is 5.91 Å². The van der Waals surface area contributed by atoms with Gasteiger partial charge in [0, 0.05) is 25.3 Å². The number of anilines is 1. The summed E-state index contributed by atoms with van der Waals surface area (Å²) in [5.74, 6) is -0.291. The molecule has 32 heavy (non-hydrogen) atoms. The predicted octanol–water partition coefficient (Wildman–Crippen LogP) is 2.88. The lowest BCUT2D eigenvalue weighted by Crippen LogP contribution is -2.32. The smallest absolute Gasteiger partial charge is 0.256 e. The Bertz CT molecular complexity index is 1170. The number of rotatable bonds is 8. The van der Waals surface area contributed by atoms with Gasteiger partial charge >= 0.3 is 0 Å². The number of nitrogens with one attached hydrogen (secondary N) is 1. The number of aromatic hydroxyl groups is 1. The molecule has 0 bridgehead atoms. The second-order valence-corrected chi connectivity index (χ2v) is 10.5. The van der Waals surface area contributed by atoms with E-state index in [1.54, 1.807) is 19.1 Å². The monoisotopic (exact) mass is 458 g/mol. The van der Waals surface area contributed by atoms with E-state index in [1.807, 2.05) is 6.07 Å². The Morgan fingerprint density at radius 1 is 1.28 bits per heavy atom. The van der Waals surface area contributed by atoms with E-state index >= 15 is 0 Å². The van der Waals surface area contributed by atoms with E-state index in [0.29, 0.717) is 23.4 Å². The van der Waals surface area contributed by atoms with Crippen LogP contribution in [0.1, 0.15) is 46.5 Å². The van der Waals surface area contributed by atoms with Gasteiger partial charge in [-0.1, -0.05) is 18.2 Å². The number of hydrogen-bond donors (Lipinski definition) is 2. The summed E-state index contributed by atoms with van der Waals surface area (Å²) in [6.45, 7) is 2.28. The molecule has 9 heteroatoms. The number of carbonyl (C=O) groups is 2. The van der Waals surface area contributed by atoms with E-state index in [-0.39, 0.29) is 42.3 Å². The van der Waals surface area contributed by atoms with Crippen molar-refractivity contribution in [1.82, 2.24) is 4.90 Å². The summed E-state index contributed by atoms with van der Waals surface area (Å²) in [4.78, 5) is 26.9. The van der Waals surface area contributed by atoms with Gasteiger partial charge in [0.1, 0.15) is 5.25 Å². The van der Waals surface area contributed by atoms with E-state index in [9.17, 15) is 23.1 Å². The fourth-order valence-corrected chi connectivity index (χ4v) is 5.03. The van der Waals surface area contributed by atoms with Crippen molar-refractivity contribution in [3.63, 3.8) is 0 Å². The first kappa shape index (κ1) is 22.1. The van der Waals surface area contributed by atoms with Crippen LogP contribution in [0.25, 0.3) is 0 Å². The van der Waals surface area contributed by atoms with Crippen LogP contribution in [0.15, 0.2) is 36.4 Å². The van der Waals surface area contributed by atoms with E-state index in [0.717, 1.165) is 24.7 Å². The Morgan fingerprint density at radius 3 is 2.69 bits per heavy atom. The van der Waals surface area contributed by atoms with Gasteiger partial charge < -0.3 is 20.1 Å². The molecule has 1 aliphatic carbocycles. The first-order chi connectivity index (χ1) is 15.2. The number of phenols is 1. The van der Waals surface area contributed by atoms with Crippen molar-refractivity contribution < 1.29 is 27.9 Å². The summed E-state index contributed by atoms with van der Waals surface area (Å²) in [5, 5.41) is 11.8. The maximum Gasteiger partial charge on any atom is 0.256 e. The molecule has 2 aromatic rings. The van der Waals surface area contributed by atoms with E-state index in [2.05, 4.69) is 5.32 Å². The molecule has 1 aliphatic heterocycles. The average Bonchev–Trinajstić information content (AvgIpc) is 3.53. The van der Waals surface area contributed by atoms with Crippen LogP contribution in [0, 0.1) is 5.92 Å². The third-order valence-corrected chi connectivity index (χ3v) is 7.23. The zero-order valence-corrected chi connectivity index (χ0v) is 18.8. The van der Waals surface area contributed by atoms with Crippen LogP contribution in [0.2, 0.25) is 0 Å². The van der Waals surface area contributed by atoms with Crippen LogP contribution in [0.3, 0.4) is 0 Å². The summed E-state index contributed by atoms with van der Waals surface area (Å²) in [7, 11) is -3.59. The Morgan fingerprint density at radius 2 is 2.03 bits per heavy atom. The molecule has 2 amide bonds. The lowest BCUT2D eigenvalue weighted by atomic mass is 10.1. The maximum atomic E-state index is 13.2. The van der Waals surface area contributed by atoms with Crippen molar-refractivity contribution in [1.29, 1.82) is 0 Å². The molecule has 4 rings (SSSR count). The molecule has 0 spiro atoms. The van der Waals surface area contributed by atoms with Gasteiger partial charge in [0.15, 0.2) is 21.3 Å². The minimum Gasteiger partial charge on any atom is -0.504 e. The first-order valence-electron chi connectivity index (χ1n) is 10.6. The van der Waals surface area contributed by atoms with Crippen molar-refractivity contribution in [2.75, 3.05) is 24.7 Å². The van der Waals surface area contributed by atoms with Gasteiger partial charge in [-0.2, -0.15) is 0 Å². The van der Waals surface area contributed by atoms with Crippen molar-refractivity contribution in [2.45, 2.75) is 31.6 Å². The molecular formula is C23H26N2O6S. The fraction of sp³-hybridized carbons (Fsp3) is 0.391. The number of benzene rings is 2. The Balaban J connectivity index is 1.61. The summed E-state index contributed by atoms with van der Waals surface area (Å²) in [6, 6.07) is 9.70. The van der Waals surface area contributed by atoms with Crippen LogP contribution in [0.5, 0.6) is 11.5 Å². The minimum atomic E-state index is -3.59. The van der Waals surface area contributed by atoms with Crippen molar-refractivity contribution in [2.24, 2.45) is 5.92 Å². The molecule has 1 heterocycles. The van der Waals surface area contributed by atoms with E-state index in [1.165, 1.54) is 23.1 Å². The molecular weight excluding hydrogens is 432 g/mol. The van der Waals surface area contributed by atoms with Crippen molar-refractivity contribution in [3.8, 4) is 11.5 Å². The Kier molecular flexibility index (Phi) is 5.85. The van der Waals surface area contributed by atoms with Gasteiger partial charge in [-0.15, -0.1) is 0 Å². The molecule has 0 aromatic heterocycles. The molecule has 1 atom stereocenters. The molecule has 8 nitrogen and oxygen atoms in total. The van der Waals surface area contributed by atoms with E-state index < -0.39 is 15.1 Å². The second kappa shape index (κ2) is 8.46. The summed E-state index contributed by atoms with van der Waals surface area (Å²) in [5.41, 5.74) is 2.05. The number of sulfone groups is 1. The molecule has 0 radical (unpaired) electrons. The van der Waals surface area contributed by atoms with E-state index in [4.69, 9.17) is 4.74 Å². The SMILES string of the molecule is CCOc1cc(C(CN2Cc3cccc(NC(=O)C4CC4)c3C2=O)S(C)(=O)=O)ccc1O. The number of phenolic OH excluding ortho intramolecular Hbond substituents is 1. The number of amides is 2. The van der Waals surface area contributed by atoms with Crippen molar-refractivity contribution in [3.05, 3.63) is 53.1 Å². The zero-order valence-electron chi connectivity index (χ0n) is 18.0. The quantitative estimate of drug-likeness (QED) is 0.629. The standard InChI is InChI=1S/C23H26N2O6S/c1-3-31-19-11-15(9-10-18(19)26)20(32(2,29)30)13-25-12-16-5-4-6-17(21(16)23(25)28)24-22(27)14-7-8-14/h4-6,9-11,14,20,26H,3,7-8,12-13H2,1-2H3,(H,24,27). The predicted molar refractivity (Wildman–Crippen MR) is 119 cm³/mol. The highest BCUT2D eigenvalue weighted by molar-refractivity contribution is 7.91. The fourth-order valence-electron chi connectivity index (χ4n) is 3.94. The third kappa shape index (κ3) is 4.43. The molecule has 0 saturated heterocycles. The van der Waals surface area contributed by atoms with Gasteiger partial charge in [0.25, 0.3) is 5.91 Å². The molecule has 2 N–H and O–H groups in total. The van der Waals surface area contributed by atoms with Crippen LogP contribution in [-0.4, -0.2) is 49.6 Å². The molecule has 1 fully saturated rings. The highest BCUT2D eigenvalue weighted by Gasteiger charge is 2.36. The number of carbonyl (C=O) groups excluding carboxylic acids is 2. The summed E-state index contributed by atoms with van der Waals surface area (Å²) >= 11 is 0. The maximum absolute atomic E-state index is 13.2. The molecule has 1 unspecified atom stereocenters.